The molecule has 0 fully saturated rings. The zero-order valence-corrected chi connectivity index (χ0v) is 15.8. The van der Waals surface area contributed by atoms with Crippen molar-refractivity contribution in [1.29, 1.82) is 0 Å². The Morgan fingerprint density at radius 3 is 2.33 bits per heavy atom. The molecule has 0 saturated heterocycles. The van der Waals surface area contributed by atoms with Gasteiger partial charge in [-0.3, -0.25) is 0 Å². The molecule has 0 aliphatic rings. The minimum Gasteiger partial charge on any atom is -1.00 e. The number of nitrogens with zero attached hydrogens (tertiary/aromatic N) is 2. The number of quaternary nitrogens is 1. The molecule has 0 amide bonds. The van der Waals surface area contributed by atoms with Gasteiger partial charge in [-0.05, 0) is 12.1 Å². The third-order valence-electron chi connectivity index (χ3n) is 2.51. The van der Waals surface area contributed by atoms with E-state index in [4.69, 9.17) is 9.15 Å². The van der Waals surface area contributed by atoms with Crippen molar-refractivity contribution in [2.45, 2.75) is 5.09 Å². The first-order valence-electron chi connectivity index (χ1n) is 6.04. The van der Waals surface area contributed by atoms with Crippen molar-refractivity contribution in [1.82, 2.24) is 4.31 Å². The molecule has 0 unspecified atom stereocenters. The van der Waals surface area contributed by atoms with E-state index in [1.54, 1.807) is 0 Å². The van der Waals surface area contributed by atoms with Crippen LogP contribution < -0.4 is 24.0 Å². The van der Waals surface area contributed by atoms with Crippen molar-refractivity contribution in [3.05, 3.63) is 17.9 Å². The Morgan fingerprint density at radius 1 is 1.29 bits per heavy atom. The highest BCUT2D eigenvalue weighted by Crippen LogP contribution is 2.17. The second-order valence-electron chi connectivity index (χ2n) is 5.56. The standard InChI is InChI=1S/C12H21N2O5S.HI/c1-13(2)20(16,17)11-7-6-10(19-11)12(15)18-9-8-14(3,4)5;/h6-7H,8-9H2,1-5H3;1H/q+1;/p-1. The Hall–Kier alpha value is -0.650. The highest BCUT2D eigenvalue weighted by atomic mass is 127. The number of hydrogen-bond acceptors (Lipinski definition) is 5. The number of esters is 1. The Bertz CT molecular complexity index is 575. The average molecular weight is 432 g/mol. The van der Waals surface area contributed by atoms with Crippen LogP contribution in [-0.2, 0) is 14.8 Å². The van der Waals surface area contributed by atoms with E-state index in [2.05, 4.69) is 0 Å². The number of likely N-dealkylation sites (N-methyl/N-ethyl adjacent to an activating group) is 1. The number of furan rings is 1. The number of ether oxygens (including phenoxy) is 1. The summed E-state index contributed by atoms with van der Waals surface area (Å²) in [5, 5.41) is -0.277. The molecule has 7 nitrogen and oxygen atoms in total. The van der Waals surface area contributed by atoms with Gasteiger partial charge in [-0.15, -0.1) is 0 Å². The van der Waals surface area contributed by atoms with Gasteiger partial charge in [-0.25, -0.2) is 17.5 Å². The molecule has 1 heterocycles. The summed E-state index contributed by atoms with van der Waals surface area (Å²) in [6, 6.07) is 2.54. The third-order valence-corrected chi connectivity index (χ3v) is 4.20. The SMILES string of the molecule is CN(C)S(=O)(=O)c1ccc(C(=O)OCC[N+](C)(C)C)o1.[I-]. The molecule has 0 saturated carbocycles. The first-order valence-corrected chi connectivity index (χ1v) is 7.48. The van der Waals surface area contributed by atoms with Crippen molar-refractivity contribution < 1.29 is 50.8 Å². The summed E-state index contributed by atoms with van der Waals surface area (Å²) in [4.78, 5) is 11.7. The molecule has 0 bridgehead atoms. The van der Waals surface area contributed by atoms with Gasteiger partial charge in [0.1, 0.15) is 13.2 Å². The zero-order chi connectivity index (χ0) is 15.6. The summed E-state index contributed by atoms with van der Waals surface area (Å²) >= 11 is 0. The largest absolute Gasteiger partial charge is 1.00 e. The lowest BCUT2D eigenvalue weighted by atomic mass is 10.4. The summed E-state index contributed by atoms with van der Waals surface area (Å²) in [5.41, 5.74) is 0. The maximum atomic E-state index is 11.8. The van der Waals surface area contributed by atoms with Gasteiger partial charge in [-0.1, -0.05) is 0 Å². The fourth-order valence-electron chi connectivity index (χ4n) is 1.23. The van der Waals surface area contributed by atoms with Crippen molar-refractivity contribution in [2.24, 2.45) is 0 Å². The minimum absolute atomic E-state index is 0. The highest BCUT2D eigenvalue weighted by molar-refractivity contribution is 7.88. The Labute approximate surface area is 142 Å². The summed E-state index contributed by atoms with van der Waals surface area (Å²) in [6.07, 6.45) is 0. The average Bonchev–Trinajstić information content (AvgIpc) is 2.76. The lowest BCUT2D eigenvalue weighted by molar-refractivity contribution is -0.870. The second-order valence-corrected chi connectivity index (χ2v) is 7.64. The normalized spacial score (nSPS) is 12.1. The van der Waals surface area contributed by atoms with Gasteiger partial charge >= 0.3 is 5.97 Å². The first-order chi connectivity index (χ1) is 9.04. The fourth-order valence-corrected chi connectivity index (χ4v) is 2.03. The van der Waals surface area contributed by atoms with E-state index in [-0.39, 0.29) is 41.4 Å². The maximum absolute atomic E-state index is 11.8. The van der Waals surface area contributed by atoms with E-state index in [0.717, 1.165) is 4.31 Å². The van der Waals surface area contributed by atoms with Crippen LogP contribution >= 0.6 is 0 Å². The summed E-state index contributed by atoms with van der Waals surface area (Å²) in [5.74, 6) is -0.787. The van der Waals surface area contributed by atoms with E-state index in [1.165, 1.54) is 26.2 Å². The monoisotopic (exact) mass is 432 g/mol. The molecule has 0 aliphatic heterocycles. The summed E-state index contributed by atoms with van der Waals surface area (Å²) in [7, 11) is 5.02. The van der Waals surface area contributed by atoms with Crippen molar-refractivity contribution >= 4 is 16.0 Å². The smallest absolute Gasteiger partial charge is 0.374 e. The van der Waals surface area contributed by atoms with Gasteiger partial charge in [0, 0.05) is 14.1 Å². The molecule has 0 spiro atoms. The molecule has 1 rings (SSSR count). The van der Waals surface area contributed by atoms with E-state index in [1.807, 2.05) is 21.1 Å². The highest BCUT2D eigenvalue weighted by Gasteiger charge is 2.24. The molecule has 0 aromatic carbocycles. The number of carbonyl (C=O) groups is 1. The number of halogens is 1. The summed E-state index contributed by atoms with van der Waals surface area (Å²) in [6.45, 7) is 0.883. The summed E-state index contributed by atoms with van der Waals surface area (Å²) < 4.78 is 35.3. The van der Waals surface area contributed by atoms with Crippen LogP contribution in [0.5, 0.6) is 0 Å². The van der Waals surface area contributed by atoms with Crippen molar-refractivity contribution in [2.75, 3.05) is 48.4 Å². The van der Waals surface area contributed by atoms with Gasteiger partial charge in [0.25, 0.3) is 10.0 Å². The van der Waals surface area contributed by atoms with Gasteiger partial charge in [-0.2, -0.15) is 0 Å². The number of hydrogen-bond donors (Lipinski definition) is 0. The van der Waals surface area contributed by atoms with Crippen LogP contribution in [0.15, 0.2) is 21.6 Å². The quantitative estimate of drug-likeness (QED) is 0.280. The minimum atomic E-state index is -3.68. The lowest BCUT2D eigenvalue weighted by Gasteiger charge is -2.23. The molecule has 0 radical (unpaired) electrons. The van der Waals surface area contributed by atoms with Crippen molar-refractivity contribution in [3.8, 4) is 0 Å². The van der Waals surface area contributed by atoms with E-state index < -0.39 is 16.0 Å². The van der Waals surface area contributed by atoms with E-state index in [9.17, 15) is 13.2 Å². The molecule has 0 aliphatic carbocycles. The molecule has 21 heavy (non-hydrogen) atoms. The molecule has 1 aromatic rings. The molecular weight excluding hydrogens is 411 g/mol. The molecular formula is C12H21IN2O5S. The zero-order valence-electron chi connectivity index (χ0n) is 12.8. The van der Waals surface area contributed by atoms with Crippen molar-refractivity contribution in [3.63, 3.8) is 0 Å². The Morgan fingerprint density at radius 2 is 1.86 bits per heavy atom. The van der Waals surface area contributed by atoms with E-state index >= 15 is 0 Å². The molecule has 0 N–H and O–H groups in total. The molecule has 0 atom stereocenters. The number of sulfonamides is 1. The van der Waals surface area contributed by atoms with E-state index in [0.29, 0.717) is 11.0 Å². The van der Waals surface area contributed by atoms with Crippen LogP contribution in [0.2, 0.25) is 0 Å². The lowest BCUT2D eigenvalue weighted by Crippen LogP contribution is -3.00. The van der Waals surface area contributed by atoms with Crippen LogP contribution in [0.4, 0.5) is 0 Å². The third kappa shape index (κ3) is 5.93. The van der Waals surface area contributed by atoms with Gasteiger partial charge < -0.3 is 37.6 Å². The molecule has 9 heteroatoms. The van der Waals surface area contributed by atoms with Gasteiger partial charge in [0.05, 0.1) is 21.1 Å². The number of carbonyl (C=O) groups excluding carboxylic acids is 1. The van der Waals surface area contributed by atoms with Crippen LogP contribution in [-0.4, -0.2) is 71.6 Å². The van der Waals surface area contributed by atoms with Crippen LogP contribution in [0, 0.1) is 0 Å². The van der Waals surface area contributed by atoms with Crippen LogP contribution in [0.25, 0.3) is 0 Å². The Kier molecular flexibility index (Phi) is 7.33. The topological polar surface area (TPSA) is 76.8 Å². The molecule has 122 valence electrons. The molecule has 1 aromatic heterocycles. The second kappa shape index (κ2) is 7.56. The number of rotatable bonds is 6. The Balaban J connectivity index is 0.00000400. The van der Waals surface area contributed by atoms with Crippen LogP contribution in [0.3, 0.4) is 0 Å². The van der Waals surface area contributed by atoms with Gasteiger partial charge in [0.2, 0.25) is 10.9 Å². The van der Waals surface area contributed by atoms with Gasteiger partial charge in [0.15, 0.2) is 0 Å². The predicted molar refractivity (Wildman–Crippen MR) is 72.8 cm³/mol. The van der Waals surface area contributed by atoms with Crippen LogP contribution in [0.1, 0.15) is 10.6 Å². The predicted octanol–water partition coefficient (Wildman–Crippen LogP) is -2.60. The maximum Gasteiger partial charge on any atom is 0.374 e. The first kappa shape index (κ1) is 20.3. The fraction of sp³-hybridized carbons (Fsp3) is 0.583.